The van der Waals surface area contributed by atoms with Crippen molar-refractivity contribution in [2.75, 3.05) is 26.2 Å². The first-order chi connectivity index (χ1) is 12.0. The first-order valence-corrected chi connectivity index (χ1v) is 8.66. The molecule has 8 nitrogen and oxygen atoms in total. The number of nitrogens with zero attached hydrogens (tertiary/aromatic N) is 5. The highest BCUT2D eigenvalue weighted by molar-refractivity contribution is 6.33. The van der Waals surface area contributed by atoms with Gasteiger partial charge in [0, 0.05) is 52.0 Å². The Morgan fingerprint density at radius 3 is 2.68 bits per heavy atom. The van der Waals surface area contributed by atoms with Crippen LogP contribution in [0.5, 0.6) is 0 Å². The summed E-state index contributed by atoms with van der Waals surface area (Å²) in [6.45, 7) is 2.27. The van der Waals surface area contributed by atoms with Crippen molar-refractivity contribution in [3.63, 3.8) is 0 Å². The minimum atomic E-state index is -0.182. The first-order valence-electron chi connectivity index (χ1n) is 8.28. The lowest BCUT2D eigenvalue weighted by atomic mass is 10.2. The molecule has 9 heteroatoms. The molecule has 25 heavy (non-hydrogen) atoms. The van der Waals surface area contributed by atoms with E-state index in [1.165, 1.54) is 4.68 Å². The molecular formula is C16H21ClN6O2. The molecule has 1 N–H and O–H groups in total. The number of amides is 2. The number of hydrogen-bond donors (Lipinski definition) is 1. The van der Waals surface area contributed by atoms with E-state index in [1.54, 1.807) is 30.5 Å². The number of carbonyl (C=O) groups is 2. The molecular weight excluding hydrogens is 344 g/mol. The summed E-state index contributed by atoms with van der Waals surface area (Å²) < 4.78 is 1.53. The summed E-state index contributed by atoms with van der Waals surface area (Å²) >= 11 is 6.07. The molecule has 2 aromatic heterocycles. The summed E-state index contributed by atoms with van der Waals surface area (Å²) in [5.74, 6) is -0.0790. The highest BCUT2D eigenvalue weighted by Gasteiger charge is 2.25. The van der Waals surface area contributed by atoms with Crippen LogP contribution in [0, 0.1) is 0 Å². The van der Waals surface area contributed by atoms with Crippen LogP contribution < -0.4 is 0 Å². The maximum Gasteiger partial charge on any atom is 0.275 e. The third-order valence-corrected chi connectivity index (χ3v) is 4.58. The average molecular weight is 365 g/mol. The normalized spacial score (nSPS) is 15.3. The van der Waals surface area contributed by atoms with Crippen molar-refractivity contribution < 1.29 is 9.59 Å². The molecule has 1 fully saturated rings. The summed E-state index contributed by atoms with van der Waals surface area (Å²) in [5, 5.41) is 11.1. The number of aryl methyl sites for hydroxylation is 2. The zero-order valence-electron chi connectivity index (χ0n) is 14.1. The van der Waals surface area contributed by atoms with Gasteiger partial charge in [-0.05, 0) is 18.4 Å². The Bertz CT molecular complexity index is 742. The Labute approximate surface area is 150 Å². The van der Waals surface area contributed by atoms with Gasteiger partial charge >= 0.3 is 0 Å². The van der Waals surface area contributed by atoms with Crippen molar-refractivity contribution in [2.24, 2.45) is 7.05 Å². The second-order valence-electron chi connectivity index (χ2n) is 6.13. The Hall–Kier alpha value is -2.35. The predicted molar refractivity (Wildman–Crippen MR) is 92.2 cm³/mol. The third-order valence-electron chi connectivity index (χ3n) is 4.30. The number of halogens is 1. The number of carbonyl (C=O) groups excluding carboxylic acids is 2. The van der Waals surface area contributed by atoms with Gasteiger partial charge in [-0.25, -0.2) is 0 Å². The molecule has 3 rings (SSSR count). The quantitative estimate of drug-likeness (QED) is 0.880. The van der Waals surface area contributed by atoms with Gasteiger partial charge in [0.25, 0.3) is 5.91 Å². The number of nitrogens with one attached hydrogen (secondary N) is 1. The largest absolute Gasteiger partial charge is 0.341 e. The Balaban J connectivity index is 1.55. The van der Waals surface area contributed by atoms with Crippen molar-refractivity contribution in [3.05, 3.63) is 34.9 Å². The monoisotopic (exact) mass is 364 g/mol. The molecule has 1 aliphatic rings. The molecule has 0 spiro atoms. The Kier molecular flexibility index (Phi) is 5.37. The van der Waals surface area contributed by atoms with E-state index in [0.717, 1.165) is 12.0 Å². The van der Waals surface area contributed by atoms with Crippen molar-refractivity contribution >= 4 is 23.4 Å². The topological polar surface area (TPSA) is 87.1 Å². The molecule has 0 atom stereocenters. The number of H-pyrrole nitrogens is 1. The van der Waals surface area contributed by atoms with Gasteiger partial charge in [0.15, 0.2) is 5.69 Å². The van der Waals surface area contributed by atoms with Crippen molar-refractivity contribution in [2.45, 2.75) is 19.3 Å². The van der Waals surface area contributed by atoms with E-state index in [2.05, 4.69) is 15.3 Å². The van der Waals surface area contributed by atoms with Gasteiger partial charge in [-0.15, -0.1) is 0 Å². The van der Waals surface area contributed by atoms with E-state index in [9.17, 15) is 9.59 Å². The maximum absolute atomic E-state index is 12.6. The molecule has 0 unspecified atom stereocenters. The smallest absolute Gasteiger partial charge is 0.275 e. The molecule has 2 amide bonds. The van der Waals surface area contributed by atoms with E-state index in [1.807, 2.05) is 4.90 Å². The lowest BCUT2D eigenvalue weighted by Crippen LogP contribution is -2.37. The molecule has 0 saturated carbocycles. The first kappa shape index (κ1) is 17.5. The van der Waals surface area contributed by atoms with Gasteiger partial charge in [0.05, 0.1) is 11.2 Å². The second kappa shape index (κ2) is 7.69. The van der Waals surface area contributed by atoms with E-state index in [4.69, 9.17) is 11.6 Å². The van der Waals surface area contributed by atoms with E-state index < -0.39 is 0 Å². The summed E-state index contributed by atoms with van der Waals surface area (Å²) in [6.07, 6.45) is 6.99. The average Bonchev–Trinajstić information content (AvgIpc) is 3.14. The lowest BCUT2D eigenvalue weighted by Gasteiger charge is -2.21. The fourth-order valence-electron chi connectivity index (χ4n) is 2.95. The Morgan fingerprint density at radius 2 is 2.00 bits per heavy atom. The van der Waals surface area contributed by atoms with Gasteiger partial charge in [-0.3, -0.25) is 19.4 Å². The van der Waals surface area contributed by atoms with Gasteiger partial charge in [0.1, 0.15) is 0 Å². The lowest BCUT2D eigenvalue weighted by molar-refractivity contribution is -0.131. The van der Waals surface area contributed by atoms with E-state index in [0.29, 0.717) is 44.0 Å². The fraction of sp³-hybridized carbons (Fsp3) is 0.500. The van der Waals surface area contributed by atoms with Gasteiger partial charge in [-0.1, -0.05) is 11.6 Å². The molecule has 134 valence electrons. The van der Waals surface area contributed by atoms with Crippen LogP contribution in [0.2, 0.25) is 5.02 Å². The predicted octanol–water partition coefficient (Wildman–Crippen LogP) is 1.10. The van der Waals surface area contributed by atoms with Gasteiger partial charge in [0.2, 0.25) is 5.91 Å². The number of rotatable bonds is 4. The van der Waals surface area contributed by atoms with Gasteiger partial charge in [-0.2, -0.15) is 10.2 Å². The number of hydrogen-bond acceptors (Lipinski definition) is 4. The van der Waals surface area contributed by atoms with Crippen LogP contribution in [0.25, 0.3) is 0 Å². The molecule has 1 saturated heterocycles. The van der Waals surface area contributed by atoms with E-state index >= 15 is 0 Å². The molecule has 0 aromatic carbocycles. The molecule has 0 aliphatic carbocycles. The summed E-state index contributed by atoms with van der Waals surface area (Å²) in [4.78, 5) is 28.5. The number of aromatic nitrogens is 4. The van der Waals surface area contributed by atoms with Crippen LogP contribution in [0.3, 0.4) is 0 Å². The van der Waals surface area contributed by atoms with Crippen molar-refractivity contribution in [3.8, 4) is 0 Å². The van der Waals surface area contributed by atoms with Crippen LogP contribution >= 0.6 is 11.6 Å². The van der Waals surface area contributed by atoms with Crippen LogP contribution in [0.15, 0.2) is 18.6 Å². The highest BCUT2D eigenvalue weighted by Crippen LogP contribution is 2.17. The summed E-state index contributed by atoms with van der Waals surface area (Å²) in [6, 6.07) is 0. The highest BCUT2D eigenvalue weighted by atomic mass is 35.5. The van der Waals surface area contributed by atoms with Gasteiger partial charge < -0.3 is 9.80 Å². The SMILES string of the molecule is Cn1cc(Cl)c(C(=O)N2CCCN(C(=O)CCc3cn[nH]c3)CC2)n1. The molecule has 2 aromatic rings. The van der Waals surface area contributed by atoms with E-state index in [-0.39, 0.29) is 17.5 Å². The standard InChI is InChI=1S/C16H21ClN6O2/c1-21-11-13(17)15(20-21)16(25)23-6-2-5-22(7-8-23)14(24)4-3-12-9-18-19-10-12/h9-11H,2-8H2,1H3,(H,18,19). The van der Waals surface area contributed by atoms with Crippen LogP contribution in [-0.4, -0.2) is 67.8 Å². The minimum Gasteiger partial charge on any atom is -0.341 e. The fourth-order valence-corrected chi connectivity index (χ4v) is 3.21. The van der Waals surface area contributed by atoms with Crippen molar-refractivity contribution in [1.29, 1.82) is 0 Å². The third kappa shape index (κ3) is 4.19. The molecule has 3 heterocycles. The summed E-state index contributed by atoms with van der Waals surface area (Å²) in [7, 11) is 1.73. The van der Waals surface area contributed by atoms with Crippen LogP contribution in [0.4, 0.5) is 0 Å². The number of aromatic amines is 1. The minimum absolute atomic E-state index is 0.103. The second-order valence-corrected chi connectivity index (χ2v) is 6.54. The molecule has 1 aliphatic heterocycles. The summed E-state index contributed by atoms with van der Waals surface area (Å²) in [5.41, 5.74) is 1.29. The van der Waals surface area contributed by atoms with Crippen LogP contribution in [-0.2, 0) is 18.3 Å². The molecule has 0 bridgehead atoms. The molecule has 0 radical (unpaired) electrons. The van der Waals surface area contributed by atoms with Crippen molar-refractivity contribution in [1.82, 2.24) is 29.8 Å². The zero-order chi connectivity index (χ0) is 17.8. The Morgan fingerprint density at radius 1 is 1.24 bits per heavy atom. The zero-order valence-corrected chi connectivity index (χ0v) is 14.9. The van der Waals surface area contributed by atoms with Crippen LogP contribution in [0.1, 0.15) is 28.9 Å². The maximum atomic E-state index is 12.6.